The second-order valence-corrected chi connectivity index (χ2v) is 16.9. The predicted molar refractivity (Wildman–Crippen MR) is 157 cm³/mol. The zero-order valence-electron chi connectivity index (χ0n) is 26.7. The lowest BCUT2D eigenvalue weighted by molar-refractivity contribution is -0.184. The molecule has 0 aromatic rings. The van der Waals surface area contributed by atoms with E-state index in [1.54, 1.807) is 4.90 Å². The molecule has 5 saturated carbocycles. The zero-order valence-corrected chi connectivity index (χ0v) is 26.7. The summed E-state index contributed by atoms with van der Waals surface area (Å²) < 4.78 is 18.7. The standard InChI is InChI=1S/C34H54N2O6/c1-19(2)25(42-29(39)36-16-7-17-36)21-9-8-20-26(40-21)27(37)32(6)23-11-10-22-30(3,4)24(41-28(35)38)12-13-33(22)18-34(23,33)15-14-31(20,32)5/h19-27,37H,7-18H2,1-6H3,(H2,35,38)/t20-,21?,22-,23?,24?,25?,26?,27-,31?,32+,33?,34?/m0/s1. The van der Waals surface area contributed by atoms with Crippen molar-refractivity contribution in [2.45, 2.75) is 136 Å². The van der Waals surface area contributed by atoms with Crippen LogP contribution in [0, 0.1) is 50.7 Å². The van der Waals surface area contributed by atoms with E-state index in [1.165, 1.54) is 12.8 Å². The first kappa shape index (κ1) is 29.2. The summed E-state index contributed by atoms with van der Waals surface area (Å²) in [6.07, 6.45) is 8.43. The minimum Gasteiger partial charge on any atom is -0.446 e. The van der Waals surface area contributed by atoms with Crippen molar-refractivity contribution in [3.8, 4) is 0 Å². The van der Waals surface area contributed by atoms with Crippen LogP contribution in [0.25, 0.3) is 0 Å². The fourth-order valence-corrected chi connectivity index (χ4v) is 12.7. The summed E-state index contributed by atoms with van der Waals surface area (Å²) in [6, 6.07) is 0. The summed E-state index contributed by atoms with van der Waals surface area (Å²) in [7, 11) is 0. The molecule has 2 amide bonds. The average Bonchev–Trinajstić information content (AvgIpc) is 3.53. The van der Waals surface area contributed by atoms with Crippen molar-refractivity contribution in [3.63, 3.8) is 0 Å². The normalized spacial score (nSPS) is 50.7. The maximum Gasteiger partial charge on any atom is 0.410 e. The van der Waals surface area contributed by atoms with Gasteiger partial charge in [-0.15, -0.1) is 0 Å². The van der Waals surface area contributed by atoms with Crippen molar-refractivity contribution in [1.29, 1.82) is 0 Å². The summed E-state index contributed by atoms with van der Waals surface area (Å²) in [5.74, 6) is 1.41. The molecule has 236 valence electrons. The smallest absolute Gasteiger partial charge is 0.410 e. The van der Waals surface area contributed by atoms with Gasteiger partial charge in [-0.3, -0.25) is 0 Å². The van der Waals surface area contributed by atoms with Crippen molar-refractivity contribution in [2.75, 3.05) is 13.1 Å². The van der Waals surface area contributed by atoms with Crippen molar-refractivity contribution in [2.24, 2.45) is 56.5 Å². The Bertz CT molecular complexity index is 1140. The number of nitrogens with two attached hydrogens (primary N) is 1. The van der Waals surface area contributed by atoms with Gasteiger partial charge in [0.25, 0.3) is 0 Å². The molecule has 12 atom stereocenters. The summed E-state index contributed by atoms with van der Waals surface area (Å²) in [5, 5.41) is 12.4. The molecule has 0 aromatic heterocycles. The lowest BCUT2D eigenvalue weighted by Crippen LogP contribution is -2.60. The SMILES string of the molecule is CC(C)C(OC(=O)N1CCC1)C1CC[C@H]2C(O1)[C@H](O)[C@@]1(C)C3CC[C@H]4C(C)(C)C(OC(N)=O)CCC45CC35CCC21C. The summed E-state index contributed by atoms with van der Waals surface area (Å²) in [6.45, 7) is 15.2. The largest absolute Gasteiger partial charge is 0.446 e. The van der Waals surface area contributed by atoms with Crippen molar-refractivity contribution in [1.82, 2.24) is 4.90 Å². The highest BCUT2D eigenvalue weighted by molar-refractivity contribution is 5.68. The summed E-state index contributed by atoms with van der Waals surface area (Å²) in [5.41, 5.74) is 5.68. The van der Waals surface area contributed by atoms with Crippen LogP contribution >= 0.6 is 0 Å². The van der Waals surface area contributed by atoms with Gasteiger partial charge in [0, 0.05) is 23.9 Å². The van der Waals surface area contributed by atoms with Gasteiger partial charge in [0.05, 0.1) is 18.3 Å². The molecule has 0 aromatic carbocycles. The molecule has 5 aliphatic carbocycles. The van der Waals surface area contributed by atoms with E-state index < -0.39 is 12.2 Å². The van der Waals surface area contributed by atoms with E-state index in [-0.39, 0.29) is 63.5 Å². The van der Waals surface area contributed by atoms with E-state index in [0.29, 0.717) is 17.8 Å². The highest BCUT2D eigenvalue weighted by Gasteiger charge is 2.84. The number of aliphatic hydroxyl groups excluding tert-OH is 1. The first-order valence-electron chi connectivity index (χ1n) is 17.0. The molecular weight excluding hydrogens is 532 g/mol. The van der Waals surface area contributed by atoms with Crippen LogP contribution < -0.4 is 5.73 Å². The molecule has 2 aliphatic heterocycles. The average molecular weight is 587 g/mol. The Balaban J connectivity index is 1.14. The molecule has 2 spiro atoms. The van der Waals surface area contributed by atoms with Gasteiger partial charge >= 0.3 is 12.2 Å². The van der Waals surface area contributed by atoms with Gasteiger partial charge in [0.2, 0.25) is 0 Å². The highest BCUT2D eigenvalue weighted by atomic mass is 16.6. The van der Waals surface area contributed by atoms with Crippen LogP contribution in [0.5, 0.6) is 0 Å². The fourth-order valence-electron chi connectivity index (χ4n) is 12.7. The van der Waals surface area contributed by atoms with Crippen LogP contribution in [0.4, 0.5) is 9.59 Å². The lowest BCUT2D eigenvalue weighted by Gasteiger charge is -2.63. The van der Waals surface area contributed by atoms with Gasteiger partial charge in [0.15, 0.2) is 0 Å². The first-order valence-corrected chi connectivity index (χ1v) is 17.0. The van der Waals surface area contributed by atoms with E-state index >= 15 is 0 Å². The highest BCUT2D eigenvalue weighted by Crippen LogP contribution is 2.89. The van der Waals surface area contributed by atoms with Gasteiger partial charge in [-0.25, -0.2) is 9.59 Å². The number of carbonyl (C=O) groups excluding carboxylic acids is 2. The molecule has 2 heterocycles. The Kier molecular flexibility index (Phi) is 6.42. The Labute approximate surface area is 251 Å². The topological polar surface area (TPSA) is 111 Å². The molecule has 8 nitrogen and oxygen atoms in total. The number of hydrogen-bond acceptors (Lipinski definition) is 6. The Morgan fingerprint density at radius 3 is 2.29 bits per heavy atom. The molecule has 3 N–H and O–H groups in total. The third-order valence-corrected chi connectivity index (χ3v) is 15.1. The Morgan fingerprint density at radius 2 is 1.64 bits per heavy atom. The van der Waals surface area contributed by atoms with Gasteiger partial charge < -0.3 is 30.0 Å². The molecule has 0 bridgehead atoms. The molecule has 7 rings (SSSR count). The minimum atomic E-state index is -0.658. The number of ether oxygens (including phenoxy) is 3. The number of nitrogens with zero attached hydrogens (tertiary/aromatic N) is 1. The molecule has 7 fully saturated rings. The van der Waals surface area contributed by atoms with Gasteiger partial charge in [0.1, 0.15) is 12.2 Å². The Morgan fingerprint density at radius 1 is 0.952 bits per heavy atom. The van der Waals surface area contributed by atoms with E-state index in [9.17, 15) is 14.7 Å². The van der Waals surface area contributed by atoms with Crippen molar-refractivity contribution < 1.29 is 28.9 Å². The van der Waals surface area contributed by atoms with Gasteiger partial charge in [-0.05, 0) is 104 Å². The predicted octanol–water partition coefficient (Wildman–Crippen LogP) is 5.88. The molecule has 0 radical (unpaired) electrons. The monoisotopic (exact) mass is 586 g/mol. The van der Waals surface area contributed by atoms with Crippen LogP contribution in [-0.4, -0.2) is 65.8 Å². The molecular formula is C34H54N2O6. The van der Waals surface area contributed by atoms with Crippen LogP contribution in [0.2, 0.25) is 0 Å². The minimum absolute atomic E-state index is 0.0119. The van der Waals surface area contributed by atoms with E-state index in [2.05, 4.69) is 41.5 Å². The number of fused-ring (bicyclic) bond motifs is 4. The Hall–Kier alpha value is -1.54. The van der Waals surface area contributed by atoms with E-state index in [1.807, 2.05) is 0 Å². The lowest BCUT2D eigenvalue weighted by atomic mass is 9.41. The van der Waals surface area contributed by atoms with Crippen LogP contribution in [0.3, 0.4) is 0 Å². The van der Waals surface area contributed by atoms with Crippen LogP contribution in [0.15, 0.2) is 0 Å². The number of amides is 2. The number of carbonyl (C=O) groups is 2. The number of primary amides is 1. The maximum absolute atomic E-state index is 12.8. The molecule has 42 heavy (non-hydrogen) atoms. The number of likely N-dealkylation sites (tertiary alicyclic amines) is 1. The van der Waals surface area contributed by atoms with E-state index in [0.717, 1.165) is 64.5 Å². The van der Waals surface area contributed by atoms with E-state index in [4.69, 9.17) is 19.9 Å². The number of aliphatic hydroxyl groups is 1. The zero-order chi connectivity index (χ0) is 30.0. The second kappa shape index (κ2) is 9.24. The van der Waals surface area contributed by atoms with Gasteiger partial charge in [-0.2, -0.15) is 0 Å². The molecule has 8 unspecified atom stereocenters. The third-order valence-electron chi connectivity index (χ3n) is 15.1. The number of rotatable bonds is 4. The number of hydrogen-bond donors (Lipinski definition) is 2. The third kappa shape index (κ3) is 3.54. The summed E-state index contributed by atoms with van der Waals surface area (Å²) >= 11 is 0. The second-order valence-electron chi connectivity index (χ2n) is 16.9. The first-order chi connectivity index (χ1) is 19.7. The van der Waals surface area contributed by atoms with Crippen molar-refractivity contribution >= 4 is 12.2 Å². The quantitative estimate of drug-likeness (QED) is 0.425. The van der Waals surface area contributed by atoms with Crippen LogP contribution in [-0.2, 0) is 14.2 Å². The molecule has 8 heteroatoms. The molecule has 2 saturated heterocycles. The fraction of sp³-hybridized carbons (Fsp3) is 0.941. The van der Waals surface area contributed by atoms with Crippen LogP contribution in [0.1, 0.15) is 106 Å². The van der Waals surface area contributed by atoms with Gasteiger partial charge in [-0.1, -0.05) is 41.5 Å². The molecule has 7 aliphatic rings. The summed E-state index contributed by atoms with van der Waals surface area (Å²) in [4.78, 5) is 26.3. The maximum atomic E-state index is 12.8. The van der Waals surface area contributed by atoms with Crippen molar-refractivity contribution in [3.05, 3.63) is 0 Å².